The Labute approximate surface area is 357 Å². The average molecular weight is 776 g/mol. The van der Waals surface area contributed by atoms with Crippen LogP contribution in [0.4, 0.5) is 17.1 Å². The molecule has 0 fully saturated rings. The molecule has 1 heteroatoms. The molecule has 0 heterocycles. The largest absolute Gasteiger partial charge is 0.310 e. The molecule has 0 atom stereocenters. The highest BCUT2D eigenvalue weighted by Gasteiger charge is 2.17. The van der Waals surface area contributed by atoms with Gasteiger partial charge in [-0.1, -0.05) is 194 Å². The van der Waals surface area contributed by atoms with Crippen molar-refractivity contribution in [3.05, 3.63) is 249 Å². The third-order valence-corrected chi connectivity index (χ3v) is 12.0. The van der Waals surface area contributed by atoms with Crippen LogP contribution < -0.4 is 4.90 Å². The van der Waals surface area contributed by atoms with Crippen molar-refractivity contribution in [2.24, 2.45) is 0 Å². The number of nitrogens with zero attached hydrogens (tertiary/aromatic N) is 1. The summed E-state index contributed by atoms with van der Waals surface area (Å²) in [5.74, 6) is 0. The third-order valence-electron chi connectivity index (χ3n) is 12.0. The number of hydrogen-bond donors (Lipinski definition) is 0. The first-order valence-electron chi connectivity index (χ1n) is 21.0. The summed E-state index contributed by atoms with van der Waals surface area (Å²) < 4.78 is 0. The molecule has 1 nitrogen and oxygen atoms in total. The summed E-state index contributed by atoms with van der Waals surface area (Å²) in [6.07, 6.45) is 0. The van der Waals surface area contributed by atoms with Crippen LogP contribution in [-0.2, 0) is 0 Å². The van der Waals surface area contributed by atoms with E-state index in [0.29, 0.717) is 0 Å². The number of benzene rings is 11. The van der Waals surface area contributed by atoms with Crippen LogP contribution in [-0.4, -0.2) is 0 Å². The zero-order valence-electron chi connectivity index (χ0n) is 33.6. The maximum atomic E-state index is 2.38. The smallest absolute Gasteiger partial charge is 0.0468 e. The van der Waals surface area contributed by atoms with Gasteiger partial charge in [-0.05, 0) is 143 Å². The van der Waals surface area contributed by atoms with Crippen molar-refractivity contribution < 1.29 is 0 Å². The molecule has 286 valence electrons. The van der Waals surface area contributed by atoms with Crippen LogP contribution in [0.1, 0.15) is 0 Å². The maximum Gasteiger partial charge on any atom is 0.0468 e. The Hall–Kier alpha value is -8.00. The Morgan fingerprint density at radius 1 is 0.180 bits per heavy atom. The van der Waals surface area contributed by atoms with Gasteiger partial charge in [-0.25, -0.2) is 0 Å². The van der Waals surface area contributed by atoms with Gasteiger partial charge in [-0.3, -0.25) is 0 Å². The molecular weight excluding hydrogens is 735 g/mol. The van der Waals surface area contributed by atoms with Crippen molar-refractivity contribution in [2.45, 2.75) is 0 Å². The lowest BCUT2D eigenvalue weighted by molar-refractivity contribution is 1.28. The minimum atomic E-state index is 1.09. The fourth-order valence-corrected chi connectivity index (χ4v) is 8.78. The topological polar surface area (TPSA) is 3.24 Å². The van der Waals surface area contributed by atoms with Crippen LogP contribution in [0.5, 0.6) is 0 Å². The molecule has 0 aliphatic carbocycles. The minimum Gasteiger partial charge on any atom is -0.310 e. The van der Waals surface area contributed by atoms with E-state index in [1.807, 2.05) is 0 Å². The predicted molar refractivity (Wildman–Crippen MR) is 261 cm³/mol. The Morgan fingerprint density at radius 3 is 0.951 bits per heavy atom. The van der Waals surface area contributed by atoms with Crippen LogP contribution >= 0.6 is 0 Å². The SMILES string of the molecule is c1ccc(-c2cc(N(c3ccc(-c4ccc5ccccc5c4)cc3)c3ccc(-c4ccc5ccccc5c4)cc3)ccc2-c2ccc(-c3ccc4ccccc4c3)cc2)cc1. The van der Waals surface area contributed by atoms with Crippen molar-refractivity contribution in [3.8, 4) is 55.6 Å². The van der Waals surface area contributed by atoms with Crippen LogP contribution in [0.3, 0.4) is 0 Å². The van der Waals surface area contributed by atoms with Crippen molar-refractivity contribution >= 4 is 49.4 Å². The number of anilines is 3. The molecule has 0 aromatic heterocycles. The van der Waals surface area contributed by atoms with Crippen LogP contribution in [0, 0.1) is 0 Å². The van der Waals surface area contributed by atoms with Gasteiger partial charge in [-0.2, -0.15) is 0 Å². The van der Waals surface area contributed by atoms with Gasteiger partial charge >= 0.3 is 0 Å². The summed E-state index contributed by atoms with van der Waals surface area (Å²) in [6.45, 7) is 0. The monoisotopic (exact) mass is 775 g/mol. The molecule has 11 aromatic rings. The molecule has 11 rings (SSSR count). The summed E-state index contributed by atoms with van der Waals surface area (Å²) >= 11 is 0. The first-order valence-corrected chi connectivity index (χ1v) is 21.0. The summed E-state index contributed by atoms with van der Waals surface area (Å²) in [6, 6.07) is 90.6. The van der Waals surface area contributed by atoms with E-state index < -0.39 is 0 Å². The lowest BCUT2D eigenvalue weighted by Crippen LogP contribution is -2.10. The molecule has 0 unspecified atom stereocenters. The van der Waals surface area contributed by atoms with Crippen molar-refractivity contribution in [1.82, 2.24) is 0 Å². The molecule has 61 heavy (non-hydrogen) atoms. The average Bonchev–Trinajstić information content (AvgIpc) is 3.34. The lowest BCUT2D eigenvalue weighted by atomic mass is 9.92. The van der Waals surface area contributed by atoms with Crippen LogP contribution in [0.15, 0.2) is 249 Å². The predicted octanol–water partition coefficient (Wildman–Crippen LogP) is 17.0. The highest BCUT2D eigenvalue weighted by molar-refractivity contribution is 5.93. The van der Waals surface area contributed by atoms with E-state index >= 15 is 0 Å². The molecule has 11 aromatic carbocycles. The highest BCUT2D eigenvalue weighted by atomic mass is 15.1. The van der Waals surface area contributed by atoms with E-state index in [1.54, 1.807) is 0 Å². The van der Waals surface area contributed by atoms with E-state index in [2.05, 4.69) is 254 Å². The van der Waals surface area contributed by atoms with Gasteiger partial charge in [0.1, 0.15) is 0 Å². The molecule has 0 spiro atoms. The van der Waals surface area contributed by atoms with Gasteiger partial charge in [0.15, 0.2) is 0 Å². The van der Waals surface area contributed by atoms with Gasteiger partial charge in [0.2, 0.25) is 0 Å². The van der Waals surface area contributed by atoms with Crippen molar-refractivity contribution in [1.29, 1.82) is 0 Å². The van der Waals surface area contributed by atoms with Gasteiger partial charge in [-0.15, -0.1) is 0 Å². The first-order chi connectivity index (χ1) is 30.2. The van der Waals surface area contributed by atoms with E-state index in [1.165, 1.54) is 88.0 Å². The fourth-order valence-electron chi connectivity index (χ4n) is 8.78. The normalized spacial score (nSPS) is 11.3. The fraction of sp³-hybridized carbons (Fsp3) is 0. The van der Waals surface area contributed by atoms with E-state index in [4.69, 9.17) is 0 Å². The molecule has 0 N–H and O–H groups in total. The van der Waals surface area contributed by atoms with Gasteiger partial charge < -0.3 is 4.90 Å². The number of rotatable bonds is 8. The van der Waals surface area contributed by atoms with Crippen molar-refractivity contribution in [3.63, 3.8) is 0 Å². The zero-order chi connectivity index (χ0) is 40.5. The number of hydrogen-bond acceptors (Lipinski definition) is 1. The minimum absolute atomic E-state index is 1.09. The molecule has 0 amide bonds. The Bertz CT molecular complexity index is 3200. The van der Waals surface area contributed by atoms with Crippen molar-refractivity contribution in [2.75, 3.05) is 4.90 Å². The molecular formula is C60H41N. The Kier molecular flexibility index (Phi) is 9.26. The second-order valence-electron chi connectivity index (χ2n) is 15.8. The van der Waals surface area contributed by atoms with E-state index in [-0.39, 0.29) is 0 Å². The van der Waals surface area contributed by atoms with Crippen LogP contribution in [0.2, 0.25) is 0 Å². The molecule has 0 saturated heterocycles. The lowest BCUT2D eigenvalue weighted by Gasteiger charge is -2.27. The molecule has 0 aliphatic rings. The summed E-state index contributed by atoms with van der Waals surface area (Å²) in [5.41, 5.74) is 15.2. The summed E-state index contributed by atoms with van der Waals surface area (Å²) in [5, 5.41) is 7.50. The quantitative estimate of drug-likeness (QED) is 0.149. The first kappa shape index (κ1) is 36.1. The molecule has 0 saturated carbocycles. The number of fused-ring (bicyclic) bond motifs is 3. The molecule has 0 bridgehead atoms. The standard InChI is InChI=1S/C60H41N/c1-2-13-48(14-3-1)60-41-58(36-37-59(60)49-23-18-45(19-24-49)53-25-20-42-10-4-7-15-50(42)38-53)61(56-32-28-46(29-33-56)54-26-21-43-11-5-8-16-51(43)39-54)57-34-30-47(31-35-57)55-27-22-44-12-6-9-17-52(44)40-55/h1-41H. The second-order valence-corrected chi connectivity index (χ2v) is 15.8. The van der Waals surface area contributed by atoms with Gasteiger partial charge in [0, 0.05) is 17.1 Å². The van der Waals surface area contributed by atoms with Crippen LogP contribution in [0.25, 0.3) is 88.0 Å². The molecule has 0 radical (unpaired) electrons. The van der Waals surface area contributed by atoms with E-state index in [9.17, 15) is 0 Å². The second kappa shape index (κ2) is 15.6. The molecule has 0 aliphatic heterocycles. The zero-order valence-corrected chi connectivity index (χ0v) is 33.6. The van der Waals surface area contributed by atoms with Gasteiger partial charge in [0.05, 0.1) is 0 Å². The summed E-state index contributed by atoms with van der Waals surface area (Å²) in [4.78, 5) is 2.38. The summed E-state index contributed by atoms with van der Waals surface area (Å²) in [7, 11) is 0. The maximum absolute atomic E-state index is 2.38. The Balaban J connectivity index is 1.00. The highest BCUT2D eigenvalue weighted by Crippen LogP contribution is 2.42. The van der Waals surface area contributed by atoms with E-state index in [0.717, 1.165) is 17.1 Å². The Morgan fingerprint density at radius 2 is 0.508 bits per heavy atom. The van der Waals surface area contributed by atoms with Gasteiger partial charge in [0.25, 0.3) is 0 Å². The third kappa shape index (κ3) is 7.13.